The van der Waals surface area contributed by atoms with Crippen LogP contribution in [-0.4, -0.2) is 76.8 Å². The van der Waals surface area contributed by atoms with Gasteiger partial charge in [-0.1, -0.05) is 6.92 Å². The number of hydrogen-bond acceptors (Lipinski definition) is 7. The summed E-state index contributed by atoms with van der Waals surface area (Å²) in [5, 5.41) is 24.8. The summed E-state index contributed by atoms with van der Waals surface area (Å²) in [5.74, 6) is -2.51. The number of β-lactam (4-membered cyclic amide) rings is 1. The van der Waals surface area contributed by atoms with Gasteiger partial charge in [0.25, 0.3) is 0 Å². The first-order chi connectivity index (χ1) is 12.1. The van der Waals surface area contributed by atoms with Crippen molar-refractivity contribution in [1.29, 1.82) is 0 Å². The third-order valence-corrected chi connectivity index (χ3v) is 6.94. The van der Waals surface area contributed by atoms with E-state index in [9.17, 15) is 24.6 Å². The fraction of sp³-hybridized carbons (Fsp3) is 0.706. The summed E-state index contributed by atoms with van der Waals surface area (Å²) in [6.45, 7) is 4.02. The summed E-state index contributed by atoms with van der Waals surface area (Å²) in [6, 6.07) is -0.624. The van der Waals surface area contributed by atoms with Crippen molar-refractivity contribution in [2.45, 2.75) is 43.7 Å². The number of amides is 2. The number of nitrogens with zero attached hydrogens (tertiary/aromatic N) is 2. The van der Waals surface area contributed by atoms with Crippen LogP contribution < -0.4 is 40.0 Å². The van der Waals surface area contributed by atoms with Gasteiger partial charge in [0, 0.05) is 36.7 Å². The molecule has 0 radical (unpaired) electrons. The van der Waals surface area contributed by atoms with Gasteiger partial charge in [0.05, 0.1) is 35.8 Å². The number of carboxylic acid groups (broad SMARTS) is 1. The molecule has 2 saturated heterocycles. The molecule has 0 aliphatic carbocycles. The molecule has 3 aliphatic heterocycles. The third kappa shape index (κ3) is 3.82. The topological polar surface area (TPSA) is 113 Å². The van der Waals surface area contributed by atoms with E-state index in [4.69, 9.17) is 0 Å². The van der Waals surface area contributed by atoms with Crippen LogP contribution in [0, 0.1) is 11.8 Å². The molecule has 0 aromatic carbocycles. The number of hydrogen-bond donors (Lipinski definition) is 2. The van der Waals surface area contributed by atoms with Gasteiger partial charge in [0.1, 0.15) is 0 Å². The van der Waals surface area contributed by atoms with E-state index in [2.05, 4.69) is 5.32 Å². The van der Waals surface area contributed by atoms with E-state index >= 15 is 0 Å². The second-order valence-electron chi connectivity index (χ2n) is 7.42. The fourth-order valence-electron chi connectivity index (χ4n) is 4.14. The van der Waals surface area contributed by atoms with Crippen molar-refractivity contribution in [2.75, 3.05) is 20.6 Å². The molecule has 27 heavy (non-hydrogen) atoms. The first kappa shape index (κ1) is 22.7. The number of aliphatic hydroxyl groups excluding tert-OH is 1. The number of carbonyl (C=O) groups excluding carboxylic acids is 3. The summed E-state index contributed by atoms with van der Waals surface area (Å²) < 4.78 is 0. The molecule has 144 valence electrons. The van der Waals surface area contributed by atoms with Crippen molar-refractivity contribution in [3.05, 3.63) is 10.6 Å². The molecule has 2 fully saturated rings. The smallest absolute Gasteiger partial charge is 0.543 e. The van der Waals surface area contributed by atoms with Gasteiger partial charge in [0.15, 0.2) is 0 Å². The fourth-order valence-corrected chi connectivity index (χ4v) is 5.62. The zero-order valence-electron chi connectivity index (χ0n) is 16.3. The van der Waals surface area contributed by atoms with Gasteiger partial charge in [-0.25, -0.2) is 0 Å². The summed E-state index contributed by atoms with van der Waals surface area (Å²) in [7, 11) is 3.40. The Morgan fingerprint density at radius 1 is 1.41 bits per heavy atom. The SMILES string of the molecule is CC(O)C1C(=O)N2C(C(=O)[O-])=C(SC3CNC(C(=O)N(C)C)C3)C(C)C12.[Na+]. The van der Waals surface area contributed by atoms with Crippen LogP contribution in [0.15, 0.2) is 10.6 Å². The van der Waals surface area contributed by atoms with Gasteiger partial charge in [-0.15, -0.1) is 11.8 Å². The molecule has 6 unspecified atom stereocenters. The minimum absolute atomic E-state index is 0. The van der Waals surface area contributed by atoms with Crippen LogP contribution in [0.4, 0.5) is 0 Å². The number of carboxylic acids is 1. The Morgan fingerprint density at radius 2 is 2.04 bits per heavy atom. The van der Waals surface area contributed by atoms with E-state index < -0.39 is 18.0 Å². The van der Waals surface area contributed by atoms with Crippen LogP contribution in [0.1, 0.15) is 20.3 Å². The summed E-state index contributed by atoms with van der Waals surface area (Å²) in [5.41, 5.74) is -0.0724. The molecule has 2 amide bonds. The van der Waals surface area contributed by atoms with Crippen molar-refractivity contribution in [3.63, 3.8) is 0 Å². The molecule has 3 heterocycles. The van der Waals surface area contributed by atoms with Crippen molar-refractivity contribution < 1.29 is 54.2 Å². The molecule has 8 nitrogen and oxygen atoms in total. The van der Waals surface area contributed by atoms with Gasteiger partial charge in [0.2, 0.25) is 11.8 Å². The van der Waals surface area contributed by atoms with E-state index in [1.54, 1.807) is 21.0 Å². The number of rotatable bonds is 5. The summed E-state index contributed by atoms with van der Waals surface area (Å²) >= 11 is 1.41. The van der Waals surface area contributed by atoms with Crippen molar-refractivity contribution in [3.8, 4) is 0 Å². The second-order valence-corrected chi connectivity index (χ2v) is 8.77. The monoisotopic (exact) mass is 405 g/mol. The molecule has 2 N–H and O–H groups in total. The minimum atomic E-state index is -1.37. The second kappa shape index (κ2) is 8.42. The molecule has 0 saturated carbocycles. The van der Waals surface area contributed by atoms with Gasteiger partial charge in [-0.2, -0.15) is 0 Å². The standard InChI is InChI=1S/C17H25N3O5S.Na/c1-7-12-11(8(2)21)16(23)20(12)13(17(24)25)14(7)26-9-5-10(18-6-9)15(22)19(3)4;/h7-12,18,21H,5-6H2,1-4H3,(H,24,25);/q;+1/p-1. The Labute approximate surface area is 185 Å². The van der Waals surface area contributed by atoms with Gasteiger partial charge in [-0.05, 0) is 13.3 Å². The Bertz CT molecular complexity index is 683. The number of aliphatic hydroxyl groups is 1. The maximum atomic E-state index is 12.3. The number of thioether (sulfide) groups is 1. The van der Waals surface area contributed by atoms with Crippen molar-refractivity contribution in [2.24, 2.45) is 11.8 Å². The van der Waals surface area contributed by atoms with Crippen LogP contribution in [-0.2, 0) is 14.4 Å². The first-order valence-corrected chi connectivity index (χ1v) is 9.61. The van der Waals surface area contributed by atoms with Gasteiger partial charge < -0.3 is 30.1 Å². The molecule has 6 atom stereocenters. The molecule has 3 aliphatic rings. The molecular weight excluding hydrogens is 381 g/mol. The molecule has 3 rings (SSSR count). The Hall–Kier alpha value is -0.580. The van der Waals surface area contributed by atoms with E-state index in [-0.39, 0.29) is 70.3 Å². The molecule has 0 aromatic heterocycles. The molecular formula is C17H24N3NaO5S. The third-order valence-electron chi connectivity index (χ3n) is 5.42. The van der Waals surface area contributed by atoms with Crippen LogP contribution in [0.3, 0.4) is 0 Å². The van der Waals surface area contributed by atoms with Gasteiger partial charge >= 0.3 is 29.6 Å². The summed E-state index contributed by atoms with van der Waals surface area (Å²) in [4.78, 5) is 39.5. The largest absolute Gasteiger partial charge is 1.00 e. The predicted octanol–water partition coefficient (Wildman–Crippen LogP) is -4.64. The Balaban J connectivity index is 0.00000261. The molecule has 0 aromatic rings. The van der Waals surface area contributed by atoms with Crippen LogP contribution >= 0.6 is 11.8 Å². The predicted molar refractivity (Wildman–Crippen MR) is 93.5 cm³/mol. The Morgan fingerprint density at radius 3 is 2.56 bits per heavy atom. The number of carbonyl (C=O) groups is 3. The van der Waals surface area contributed by atoms with E-state index in [0.29, 0.717) is 17.9 Å². The molecule has 0 bridgehead atoms. The Kier molecular flexibility index (Phi) is 7.08. The van der Waals surface area contributed by atoms with E-state index in [1.165, 1.54) is 21.6 Å². The number of likely N-dealkylation sites (N-methyl/N-ethyl adjacent to an activating group) is 1. The minimum Gasteiger partial charge on any atom is -0.543 e. The first-order valence-electron chi connectivity index (χ1n) is 8.73. The zero-order valence-corrected chi connectivity index (χ0v) is 19.1. The maximum Gasteiger partial charge on any atom is 1.00 e. The van der Waals surface area contributed by atoms with Crippen molar-refractivity contribution >= 4 is 29.5 Å². The number of aliphatic carboxylic acids is 1. The maximum absolute atomic E-state index is 12.3. The number of nitrogens with one attached hydrogen (secondary N) is 1. The normalized spacial score (nSPS) is 33.3. The summed E-state index contributed by atoms with van der Waals surface area (Å²) in [6.07, 6.45) is -0.231. The van der Waals surface area contributed by atoms with Crippen LogP contribution in [0.25, 0.3) is 0 Å². The van der Waals surface area contributed by atoms with Gasteiger partial charge in [-0.3, -0.25) is 9.59 Å². The number of fused-ring (bicyclic) bond motifs is 1. The van der Waals surface area contributed by atoms with Crippen molar-refractivity contribution in [1.82, 2.24) is 15.1 Å². The van der Waals surface area contributed by atoms with Crippen LogP contribution in [0.2, 0.25) is 0 Å². The quantitative estimate of drug-likeness (QED) is 0.349. The average Bonchev–Trinajstić information content (AvgIpc) is 3.09. The average molecular weight is 405 g/mol. The molecule has 10 heteroatoms. The van der Waals surface area contributed by atoms with E-state index in [1.807, 2.05) is 6.92 Å². The van der Waals surface area contributed by atoms with Crippen LogP contribution in [0.5, 0.6) is 0 Å². The zero-order chi connectivity index (χ0) is 19.3. The molecule has 0 spiro atoms. The van der Waals surface area contributed by atoms with E-state index in [0.717, 1.165) is 0 Å².